The van der Waals surface area contributed by atoms with Gasteiger partial charge in [0.1, 0.15) is 0 Å². The first kappa shape index (κ1) is 23.6. The number of furan rings is 1. The van der Waals surface area contributed by atoms with Gasteiger partial charge in [-0.2, -0.15) is 0 Å². The van der Waals surface area contributed by atoms with Gasteiger partial charge in [0, 0.05) is 55.9 Å². The highest BCUT2D eigenvalue weighted by Gasteiger charge is 2.25. The Morgan fingerprint density at radius 2 is 1.82 bits per heavy atom. The highest BCUT2D eigenvalue weighted by molar-refractivity contribution is 7.77. The average Bonchev–Trinajstić information content (AvgIpc) is 3.14. The molecule has 4 aromatic rings. The number of aromatic nitrogens is 1. The zero-order valence-electron chi connectivity index (χ0n) is 17.7. The molecule has 0 amide bonds. The molecule has 1 atom stereocenters. The number of fused-ring (bicyclic) bond motifs is 1. The molecule has 0 radical (unpaired) electrons. The lowest BCUT2D eigenvalue weighted by molar-refractivity contribution is 0.0912. The maximum absolute atomic E-state index is 12.8. The SMILES string of the molecule is CC(C)C(=O)c1oc2nc(-c3ccccc3Cl)c(-c3ccc(Cl)cc3)cc2c1CNS(=O)[O-]. The van der Waals surface area contributed by atoms with Crippen LogP contribution in [0.3, 0.4) is 0 Å². The lowest BCUT2D eigenvalue weighted by Crippen LogP contribution is -2.18. The maximum Gasteiger partial charge on any atom is 0.227 e. The van der Waals surface area contributed by atoms with Crippen LogP contribution in [0.2, 0.25) is 10.0 Å². The van der Waals surface area contributed by atoms with Gasteiger partial charge in [-0.15, -0.1) is 0 Å². The van der Waals surface area contributed by atoms with Crippen molar-refractivity contribution >= 4 is 51.4 Å². The summed E-state index contributed by atoms with van der Waals surface area (Å²) in [6, 6.07) is 16.4. The highest BCUT2D eigenvalue weighted by atomic mass is 35.5. The normalized spacial score (nSPS) is 12.4. The van der Waals surface area contributed by atoms with E-state index in [2.05, 4.69) is 4.72 Å². The number of halogens is 2. The van der Waals surface area contributed by atoms with E-state index >= 15 is 0 Å². The summed E-state index contributed by atoms with van der Waals surface area (Å²) in [5, 5.41) is 1.63. The van der Waals surface area contributed by atoms with Gasteiger partial charge >= 0.3 is 0 Å². The lowest BCUT2D eigenvalue weighted by atomic mass is 9.96. The van der Waals surface area contributed by atoms with Crippen LogP contribution in [0.15, 0.2) is 59.0 Å². The van der Waals surface area contributed by atoms with Gasteiger partial charge in [-0.05, 0) is 29.8 Å². The molecular weight excluding hydrogens is 483 g/mol. The Morgan fingerprint density at radius 3 is 2.45 bits per heavy atom. The van der Waals surface area contributed by atoms with Crippen molar-refractivity contribution in [3.8, 4) is 22.4 Å². The average molecular weight is 502 g/mol. The molecule has 9 heteroatoms. The van der Waals surface area contributed by atoms with Crippen molar-refractivity contribution in [2.24, 2.45) is 5.92 Å². The first-order valence-corrected chi connectivity index (χ1v) is 11.9. The molecule has 170 valence electrons. The van der Waals surface area contributed by atoms with Crippen LogP contribution in [0.25, 0.3) is 33.5 Å². The van der Waals surface area contributed by atoms with Crippen LogP contribution < -0.4 is 4.72 Å². The van der Waals surface area contributed by atoms with Crippen LogP contribution in [-0.4, -0.2) is 19.5 Å². The number of hydrogen-bond donors (Lipinski definition) is 1. The largest absolute Gasteiger partial charge is 0.760 e. The fourth-order valence-corrected chi connectivity index (χ4v) is 4.16. The Hall–Kier alpha value is -2.55. The van der Waals surface area contributed by atoms with E-state index in [4.69, 9.17) is 32.6 Å². The van der Waals surface area contributed by atoms with Crippen LogP contribution in [-0.2, 0) is 17.8 Å². The number of nitrogens with zero attached hydrogens (tertiary/aromatic N) is 1. The monoisotopic (exact) mass is 501 g/mol. The molecule has 0 saturated heterocycles. The fourth-order valence-electron chi connectivity index (χ4n) is 3.55. The lowest BCUT2D eigenvalue weighted by Gasteiger charge is -2.12. The fraction of sp³-hybridized carbons (Fsp3) is 0.167. The van der Waals surface area contributed by atoms with E-state index < -0.39 is 11.3 Å². The Balaban J connectivity index is 2.03. The Bertz CT molecular complexity index is 1370. The summed E-state index contributed by atoms with van der Waals surface area (Å²) < 4.78 is 30.6. The predicted octanol–water partition coefficient (Wildman–Crippen LogP) is 6.19. The number of hydrogen-bond acceptors (Lipinski definition) is 5. The van der Waals surface area contributed by atoms with Crippen molar-refractivity contribution in [1.82, 2.24) is 9.71 Å². The Labute approximate surface area is 203 Å². The molecule has 0 bridgehead atoms. The minimum absolute atomic E-state index is 0.0869. The Kier molecular flexibility index (Phi) is 6.97. The van der Waals surface area contributed by atoms with Crippen LogP contribution in [0.1, 0.15) is 30.0 Å². The smallest absolute Gasteiger partial charge is 0.227 e. The van der Waals surface area contributed by atoms with E-state index in [0.717, 1.165) is 11.1 Å². The summed E-state index contributed by atoms with van der Waals surface area (Å²) in [5.74, 6) is -0.501. The van der Waals surface area contributed by atoms with Crippen molar-refractivity contribution < 1.29 is 18.0 Å². The van der Waals surface area contributed by atoms with Crippen LogP contribution in [0, 0.1) is 5.92 Å². The van der Waals surface area contributed by atoms with Gasteiger partial charge in [0.25, 0.3) is 0 Å². The van der Waals surface area contributed by atoms with Crippen LogP contribution >= 0.6 is 23.2 Å². The third-order valence-corrected chi connectivity index (χ3v) is 6.15. The van der Waals surface area contributed by atoms with E-state index in [-0.39, 0.29) is 29.7 Å². The molecule has 0 aliphatic carbocycles. The molecule has 0 fully saturated rings. The number of ketones is 1. The van der Waals surface area contributed by atoms with E-state index in [1.165, 1.54) is 0 Å². The number of pyridine rings is 1. The minimum Gasteiger partial charge on any atom is -0.760 e. The van der Waals surface area contributed by atoms with Crippen LogP contribution in [0.5, 0.6) is 0 Å². The van der Waals surface area contributed by atoms with Gasteiger partial charge < -0.3 is 8.97 Å². The van der Waals surface area contributed by atoms with Gasteiger partial charge in [-0.1, -0.05) is 67.4 Å². The van der Waals surface area contributed by atoms with Gasteiger partial charge in [-0.25, -0.2) is 9.71 Å². The maximum atomic E-state index is 12.8. The second-order valence-electron chi connectivity index (χ2n) is 7.71. The van der Waals surface area contributed by atoms with Crippen molar-refractivity contribution in [3.63, 3.8) is 0 Å². The molecule has 2 aromatic heterocycles. The standard InChI is InChI=1S/C24H20Cl2N2O4S/c1-13(2)22(29)23-19(12-27-33(30)31)18-11-17(14-7-9-15(25)10-8-14)21(28-24(18)32-23)16-5-3-4-6-20(16)26/h3-11,13,27H,12H2,1-2H3,(H,30,31)/p-1. The van der Waals surface area contributed by atoms with Gasteiger partial charge in [0.15, 0.2) is 5.76 Å². The number of carbonyl (C=O) groups is 1. The van der Waals surface area contributed by atoms with Crippen molar-refractivity contribution in [2.45, 2.75) is 20.4 Å². The molecule has 2 aromatic carbocycles. The summed E-state index contributed by atoms with van der Waals surface area (Å²) in [6.45, 7) is 3.39. The molecule has 1 unspecified atom stereocenters. The van der Waals surface area contributed by atoms with Crippen LogP contribution in [0.4, 0.5) is 0 Å². The molecule has 0 spiro atoms. The Morgan fingerprint density at radius 1 is 1.12 bits per heavy atom. The van der Waals surface area contributed by atoms with E-state index in [1.54, 1.807) is 32.0 Å². The van der Waals surface area contributed by atoms with Crippen molar-refractivity contribution in [2.75, 3.05) is 0 Å². The number of Topliss-reactive ketones (excluding diaryl/α,β-unsaturated/α-hetero) is 1. The summed E-state index contributed by atoms with van der Waals surface area (Å²) >= 11 is 10.1. The zero-order chi connectivity index (χ0) is 23.7. The zero-order valence-corrected chi connectivity index (χ0v) is 20.1. The number of nitrogens with one attached hydrogen (secondary N) is 1. The minimum atomic E-state index is -2.51. The molecule has 2 heterocycles. The second-order valence-corrected chi connectivity index (χ2v) is 9.31. The van der Waals surface area contributed by atoms with Crippen molar-refractivity contribution in [3.05, 3.63) is 76.0 Å². The number of rotatable bonds is 7. The quantitative estimate of drug-likeness (QED) is 0.240. The molecule has 6 nitrogen and oxygen atoms in total. The van der Waals surface area contributed by atoms with Gasteiger partial charge in [0.05, 0.1) is 5.69 Å². The molecule has 4 rings (SSSR count). The first-order valence-electron chi connectivity index (χ1n) is 10.1. The summed E-state index contributed by atoms with van der Waals surface area (Å²) in [5.41, 5.74) is 3.48. The topological polar surface area (TPSA) is 95.3 Å². The first-order chi connectivity index (χ1) is 15.8. The second kappa shape index (κ2) is 9.75. The molecule has 0 saturated carbocycles. The molecule has 1 N–H and O–H groups in total. The molecule has 0 aliphatic heterocycles. The third-order valence-electron chi connectivity index (χ3n) is 5.18. The summed E-state index contributed by atoms with van der Waals surface area (Å²) in [4.78, 5) is 17.6. The van der Waals surface area contributed by atoms with Gasteiger partial charge in [0.2, 0.25) is 11.5 Å². The third kappa shape index (κ3) is 4.88. The van der Waals surface area contributed by atoms with E-state index in [9.17, 15) is 13.6 Å². The van der Waals surface area contributed by atoms with Gasteiger partial charge in [-0.3, -0.25) is 9.00 Å². The van der Waals surface area contributed by atoms with E-state index in [1.807, 2.05) is 36.4 Å². The summed E-state index contributed by atoms with van der Waals surface area (Å²) in [7, 11) is 0. The molecule has 33 heavy (non-hydrogen) atoms. The summed E-state index contributed by atoms with van der Waals surface area (Å²) in [6.07, 6.45) is 0. The highest BCUT2D eigenvalue weighted by Crippen LogP contribution is 2.39. The predicted molar refractivity (Wildman–Crippen MR) is 130 cm³/mol. The molecular formula is C24H19Cl2N2O4S-. The number of benzene rings is 2. The van der Waals surface area contributed by atoms with E-state index in [0.29, 0.717) is 32.3 Å². The number of carbonyl (C=O) groups excluding carboxylic acids is 1. The van der Waals surface area contributed by atoms with Crippen molar-refractivity contribution in [1.29, 1.82) is 0 Å². The molecule has 0 aliphatic rings.